The second kappa shape index (κ2) is 8.19. The maximum Gasteiger partial charge on any atom is 0.244 e. The second-order valence-corrected chi connectivity index (χ2v) is 11.1. The number of hydrogen-bond donors (Lipinski definition) is 1. The Morgan fingerprint density at radius 2 is 1.74 bits per heavy atom. The Bertz CT molecular complexity index is 1110. The highest BCUT2D eigenvalue weighted by Gasteiger charge is 2.37. The number of nitrogens with one attached hydrogen (secondary N) is 1. The smallest absolute Gasteiger partial charge is 0.244 e. The van der Waals surface area contributed by atoms with Gasteiger partial charge in [0.2, 0.25) is 15.9 Å². The van der Waals surface area contributed by atoms with E-state index in [1.54, 1.807) is 13.0 Å². The molecule has 1 heterocycles. The lowest BCUT2D eigenvalue weighted by molar-refractivity contribution is -0.123. The molecule has 0 radical (unpaired) electrons. The Hall–Kier alpha value is -2.54. The summed E-state index contributed by atoms with van der Waals surface area (Å²) in [5.74, 6) is 0.407. The standard InChI is InChI=1S/C24H32N2O4S/c1-15-8-10-17(3)21(12-15)26(31(7,28)29)18(4)23(27)25-20-14-24(5,6)30-22-13-16(2)9-11-19(20)22/h8-13,18,20H,14H2,1-7H3,(H,25,27)/t18-,20-/m1/s1. The van der Waals surface area contributed by atoms with Gasteiger partial charge in [-0.3, -0.25) is 9.10 Å². The first-order chi connectivity index (χ1) is 14.3. The van der Waals surface area contributed by atoms with E-state index >= 15 is 0 Å². The molecule has 6 nitrogen and oxygen atoms in total. The van der Waals surface area contributed by atoms with Crippen molar-refractivity contribution in [2.75, 3.05) is 10.6 Å². The van der Waals surface area contributed by atoms with Crippen LogP contribution >= 0.6 is 0 Å². The summed E-state index contributed by atoms with van der Waals surface area (Å²) < 4.78 is 32.7. The fraction of sp³-hybridized carbons (Fsp3) is 0.458. The molecule has 0 spiro atoms. The van der Waals surface area contributed by atoms with Crippen LogP contribution < -0.4 is 14.4 Å². The van der Waals surface area contributed by atoms with Gasteiger partial charge in [0.1, 0.15) is 17.4 Å². The topological polar surface area (TPSA) is 75.7 Å². The van der Waals surface area contributed by atoms with Crippen LogP contribution in [0.1, 0.15) is 55.5 Å². The second-order valence-electron chi connectivity index (χ2n) is 9.19. The third-order valence-electron chi connectivity index (χ3n) is 5.63. The van der Waals surface area contributed by atoms with Crippen LogP contribution in [0.4, 0.5) is 5.69 Å². The molecule has 0 saturated heterocycles. The van der Waals surface area contributed by atoms with Crippen LogP contribution in [0.2, 0.25) is 0 Å². The molecular formula is C24H32N2O4S. The third-order valence-corrected chi connectivity index (χ3v) is 6.86. The lowest BCUT2D eigenvalue weighted by Crippen LogP contribution is -2.50. The van der Waals surface area contributed by atoms with Gasteiger partial charge < -0.3 is 10.1 Å². The third kappa shape index (κ3) is 5.03. The van der Waals surface area contributed by atoms with Gasteiger partial charge >= 0.3 is 0 Å². The number of ether oxygens (including phenoxy) is 1. The van der Waals surface area contributed by atoms with E-state index in [9.17, 15) is 13.2 Å². The zero-order chi connectivity index (χ0) is 23.1. The van der Waals surface area contributed by atoms with Gasteiger partial charge in [0.05, 0.1) is 18.0 Å². The Labute approximate surface area is 185 Å². The predicted octanol–water partition coefficient (Wildman–Crippen LogP) is 4.18. The summed E-state index contributed by atoms with van der Waals surface area (Å²) in [7, 11) is -3.68. The molecule has 0 saturated carbocycles. The van der Waals surface area contributed by atoms with Gasteiger partial charge in [-0.15, -0.1) is 0 Å². The van der Waals surface area contributed by atoms with Crippen LogP contribution in [0.15, 0.2) is 36.4 Å². The zero-order valence-electron chi connectivity index (χ0n) is 19.3. The zero-order valence-corrected chi connectivity index (χ0v) is 20.1. The van der Waals surface area contributed by atoms with Crippen LogP contribution in [-0.2, 0) is 14.8 Å². The van der Waals surface area contributed by atoms with E-state index < -0.39 is 21.7 Å². The summed E-state index contributed by atoms with van der Waals surface area (Å²) in [4.78, 5) is 13.3. The molecule has 168 valence electrons. The minimum atomic E-state index is -3.68. The van der Waals surface area contributed by atoms with Crippen molar-refractivity contribution in [3.8, 4) is 5.75 Å². The molecule has 2 aromatic rings. The molecule has 7 heteroatoms. The first-order valence-electron chi connectivity index (χ1n) is 10.4. The molecule has 2 aromatic carbocycles. The highest BCUT2D eigenvalue weighted by molar-refractivity contribution is 7.92. The van der Waals surface area contributed by atoms with Crippen molar-refractivity contribution >= 4 is 21.6 Å². The van der Waals surface area contributed by atoms with Gasteiger partial charge in [0.25, 0.3) is 0 Å². The summed E-state index contributed by atoms with van der Waals surface area (Å²) in [6.45, 7) is 11.3. The van der Waals surface area contributed by atoms with E-state index in [0.29, 0.717) is 12.1 Å². The minimum Gasteiger partial charge on any atom is -0.487 e. The number of aryl methyl sites for hydroxylation is 3. The number of carbonyl (C=O) groups is 1. The van der Waals surface area contributed by atoms with Crippen LogP contribution in [0.25, 0.3) is 0 Å². The Kier molecular flexibility index (Phi) is 6.11. The van der Waals surface area contributed by atoms with E-state index in [1.165, 1.54) is 4.31 Å². The van der Waals surface area contributed by atoms with Crippen molar-refractivity contribution < 1.29 is 17.9 Å². The number of hydrogen-bond acceptors (Lipinski definition) is 4. The van der Waals surface area contributed by atoms with Crippen LogP contribution in [0, 0.1) is 20.8 Å². The van der Waals surface area contributed by atoms with E-state index in [-0.39, 0.29) is 11.9 Å². The Morgan fingerprint density at radius 1 is 1.13 bits per heavy atom. The lowest BCUT2D eigenvalue weighted by Gasteiger charge is -2.39. The van der Waals surface area contributed by atoms with E-state index in [4.69, 9.17) is 4.74 Å². The number of rotatable bonds is 5. The normalized spacial score (nSPS) is 18.5. The minimum absolute atomic E-state index is 0.269. The molecular weight excluding hydrogens is 412 g/mol. The fourth-order valence-electron chi connectivity index (χ4n) is 4.12. The monoisotopic (exact) mass is 444 g/mol. The molecule has 31 heavy (non-hydrogen) atoms. The summed E-state index contributed by atoms with van der Waals surface area (Å²) in [5.41, 5.74) is 3.77. The molecule has 1 N–H and O–H groups in total. The molecule has 0 aliphatic carbocycles. The number of benzene rings is 2. The quantitative estimate of drug-likeness (QED) is 0.750. The van der Waals surface area contributed by atoms with Crippen molar-refractivity contribution in [2.45, 2.75) is 65.6 Å². The number of amides is 1. The molecule has 3 rings (SSSR count). The van der Waals surface area contributed by atoms with Crippen LogP contribution in [0.5, 0.6) is 5.75 Å². The molecule has 2 atom stereocenters. The van der Waals surface area contributed by atoms with Gasteiger partial charge in [-0.25, -0.2) is 8.42 Å². The van der Waals surface area contributed by atoms with E-state index in [0.717, 1.165) is 34.3 Å². The average molecular weight is 445 g/mol. The van der Waals surface area contributed by atoms with Crippen LogP contribution in [0.3, 0.4) is 0 Å². The summed E-state index contributed by atoms with van der Waals surface area (Å²) in [6, 6.07) is 10.3. The lowest BCUT2D eigenvalue weighted by atomic mass is 9.89. The number of sulfonamides is 1. The number of carbonyl (C=O) groups excluding carboxylic acids is 1. The van der Waals surface area contributed by atoms with Crippen molar-refractivity contribution in [1.82, 2.24) is 5.32 Å². The van der Waals surface area contributed by atoms with E-state index in [2.05, 4.69) is 5.32 Å². The molecule has 0 fully saturated rings. The van der Waals surface area contributed by atoms with E-state index in [1.807, 2.05) is 65.0 Å². The highest BCUT2D eigenvalue weighted by atomic mass is 32.2. The molecule has 1 amide bonds. The van der Waals surface area contributed by atoms with Crippen molar-refractivity contribution in [3.05, 3.63) is 58.7 Å². The van der Waals surface area contributed by atoms with Gasteiger partial charge in [-0.2, -0.15) is 0 Å². The van der Waals surface area contributed by atoms with Crippen molar-refractivity contribution in [1.29, 1.82) is 0 Å². The molecule has 0 aromatic heterocycles. The Balaban J connectivity index is 1.94. The van der Waals surface area contributed by atoms with Crippen LogP contribution in [-0.4, -0.2) is 32.2 Å². The molecule has 0 bridgehead atoms. The van der Waals surface area contributed by atoms with Crippen molar-refractivity contribution in [3.63, 3.8) is 0 Å². The fourth-order valence-corrected chi connectivity index (χ4v) is 5.34. The maximum absolute atomic E-state index is 13.3. The van der Waals surface area contributed by atoms with Gasteiger partial charge in [0, 0.05) is 12.0 Å². The average Bonchev–Trinajstić information content (AvgIpc) is 2.62. The highest BCUT2D eigenvalue weighted by Crippen LogP contribution is 2.40. The summed E-state index contributed by atoms with van der Waals surface area (Å²) >= 11 is 0. The summed E-state index contributed by atoms with van der Waals surface area (Å²) in [6.07, 6.45) is 1.72. The molecule has 1 aliphatic heterocycles. The Morgan fingerprint density at radius 3 is 2.39 bits per heavy atom. The number of nitrogens with zero attached hydrogens (tertiary/aromatic N) is 1. The first-order valence-corrected chi connectivity index (χ1v) is 12.3. The maximum atomic E-state index is 13.3. The number of fused-ring (bicyclic) bond motifs is 1. The molecule has 0 unspecified atom stereocenters. The predicted molar refractivity (Wildman–Crippen MR) is 124 cm³/mol. The van der Waals surface area contributed by atoms with Crippen molar-refractivity contribution in [2.24, 2.45) is 0 Å². The van der Waals surface area contributed by atoms with Gasteiger partial charge in [-0.05, 0) is 70.4 Å². The van der Waals surface area contributed by atoms with Gasteiger partial charge in [0.15, 0.2) is 0 Å². The largest absolute Gasteiger partial charge is 0.487 e. The SMILES string of the molecule is Cc1ccc2c(c1)OC(C)(C)C[C@H]2NC(=O)[C@@H](C)N(c1cc(C)ccc1C)S(C)(=O)=O. The first kappa shape index (κ1) is 23.1. The van der Waals surface area contributed by atoms with Gasteiger partial charge in [-0.1, -0.05) is 24.3 Å². The summed E-state index contributed by atoms with van der Waals surface area (Å²) in [5, 5.41) is 3.08. The number of anilines is 1. The molecule has 1 aliphatic rings.